The Morgan fingerprint density at radius 1 is 1.39 bits per heavy atom. The van der Waals surface area contributed by atoms with E-state index < -0.39 is 29.7 Å². The van der Waals surface area contributed by atoms with E-state index in [1.807, 2.05) is 24.9 Å². The van der Waals surface area contributed by atoms with Crippen LogP contribution in [0.15, 0.2) is 41.3 Å². The molecule has 4 rings (SSSR count). The molecule has 0 aliphatic carbocycles. The van der Waals surface area contributed by atoms with Crippen LogP contribution in [0.5, 0.6) is 0 Å². The number of hydrogen-bond acceptors (Lipinski definition) is 6. The summed E-state index contributed by atoms with van der Waals surface area (Å²) in [6.45, 7) is 3.53. The number of nitrogens with one attached hydrogen (secondary N) is 1. The molecule has 2 aliphatic rings. The molecule has 3 heterocycles. The van der Waals surface area contributed by atoms with E-state index in [0.29, 0.717) is 11.1 Å². The van der Waals surface area contributed by atoms with Crippen LogP contribution in [0.3, 0.4) is 0 Å². The number of morpholine rings is 1. The van der Waals surface area contributed by atoms with Gasteiger partial charge in [-0.2, -0.15) is 4.98 Å². The number of aliphatic hydroxyl groups is 1. The molecule has 8 heteroatoms. The molecule has 1 aromatic carbocycles. The number of amides is 1. The number of nitrogens with zero attached hydrogens (tertiary/aromatic N) is 3. The highest BCUT2D eigenvalue weighted by atomic mass is 16.6. The van der Waals surface area contributed by atoms with Gasteiger partial charge < -0.3 is 15.2 Å². The van der Waals surface area contributed by atoms with Gasteiger partial charge in [0.05, 0.1) is 6.04 Å². The van der Waals surface area contributed by atoms with Gasteiger partial charge in [0.1, 0.15) is 17.5 Å². The molecule has 0 radical (unpaired) electrons. The van der Waals surface area contributed by atoms with Crippen LogP contribution in [-0.4, -0.2) is 56.3 Å². The minimum absolute atomic E-state index is 0.112. The number of carbonyl (C=O) groups is 1. The Morgan fingerprint density at radius 3 is 2.75 bits per heavy atom. The Morgan fingerprint density at radius 2 is 2.11 bits per heavy atom. The predicted octanol–water partition coefficient (Wildman–Crippen LogP) is 1.15. The first-order chi connectivity index (χ1) is 13.8. The Bertz CT molecular complexity index is 998. The normalized spacial score (nSPS) is 32.4. The monoisotopic (exact) mass is 385 g/mol. The van der Waals surface area contributed by atoms with Gasteiger partial charge in [0.2, 0.25) is 0 Å². The van der Waals surface area contributed by atoms with Crippen LogP contribution in [0.25, 0.3) is 0 Å². The molecule has 2 N–H and O–H groups in total. The maximum absolute atomic E-state index is 12.7. The first-order valence-corrected chi connectivity index (χ1v) is 9.13. The van der Waals surface area contributed by atoms with Crippen LogP contribution in [0.4, 0.5) is 5.82 Å². The van der Waals surface area contributed by atoms with Crippen LogP contribution in [0.1, 0.15) is 37.3 Å². The Labute approximate surface area is 164 Å². The van der Waals surface area contributed by atoms with Crippen LogP contribution in [0, 0.1) is 6.92 Å². The summed E-state index contributed by atoms with van der Waals surface area (Å²) < 4.78 is 15.3. The van der Waals surface area contributed by atoms with E-state index in [1.54, 1.807) is 37.4 Å². The zero-order chi connectivity index (χ0) is 20.9. The van der Waals surface area contributed by atoms with E-state index in [9.17, 15) is 14.7 Å². The molecule has 1 aromatic heterocycles. The number of likely N-dealkylation sites (tertiary alicyclic amines) is 1. The first kappa shape index (κ1) is 17.5. The lowest BCUT2D eigenvalue weighted by molar-refractivity contribution is -0.149. The second-order valence-electron chi connectivity index (χ2n) is 7.52. The zero-order valence-corrected chi connectivity index (χ0v) is 16.0. The van der Waals surface area contributed by atoms with E-state index in [2.05, 4.69) is 10.3 Å². The summed E-state index contributed by atoms with van der Waals surface area (Å²) >= 11 is 0. The lowest BCUT2D eigenvalue weighted by Crippen LogP contribution is -2.50. The second-order valence-corrected chi connectivity index (χ2v) is 7.52. The van der Waals surface area contributed by atoms with Crippen molar-refractivity contribution in [3.05, 3.63) is 58.1 Å². The van der Waals surface area contributed by atoms with Gasteiger partial charge >= 0.3 is 5.69 Å². The molecule has 1 amide bonds. The van der Waals surface area contributed by atoms with Crippen LogP contribution < -0.4 is 11.0 Å². The number of benzene rings is 1. The van der Waals surface area contributed by atoms with Crippen molar-refractivity contribution in [1.29, 1.82) is 0 Å². The Kier molecular flexibility index (Phi) is 4.08. The number of anilines is 1. The highest BCUT2D eigenvalue weighted by Gasteiger charge is 2.64. The number of likely N-dealkylation sites (N-methyl/N-ethyl adjacent to an activating group) is 1. The molecule has 5 atom stereocenters. The summed E-state index contributed by atoms with van der Waals surface area (Å²) in [4.78, 5) is 31.1. The molecule has 148 valence electrons. The minimum atomic E-state index is -1.04. The minimum Gasteiger partial charge on any atom is -0.388 e. The molecular formula is C20H24N4O4. The van der Waals surface area contributed by atoms with E-state index in [0.717, 1.165) is 0 Å². The van der Waals surface area contributed by atoms with Gasteiger partial charge in [-0.3, -0.25) is 14.3 Å². The molecule has 2 aromatic rings. The summed E-state index contributed by atoms with van der Waals surface area (Å²) in [5.41, 5.74) is -0.585. The van der Waals surface area contributed by atoms with Crippen molar-refractivity contribution in [2.75, 3.05) is 12.4 Å². The number of aliphatic hydroxyl groups excluding tert-OH is 1. The van der Waals surface area contributed by atoms with Crippen molar-refractivity contribution >= 4 is 11.7 Å². The smallest absolute Gasteiger partial charge is 0.351 e. The highest BCUT2D eigenvalue weighted by molar-refractivity contribution is 6.03. The first-order valence-electron chi connectivity index (χ1n) is 9.84. The van der Waals surface area contributed by atoms with Crippen molar-refractivity contribution in [1.82, 2.24) is 14.5 Å². The molecule has 0 spiro atoms. The molecule has 0 unspecified atom stereocenters. The van der Waals surface area contributed by atoms with E-state index >= 15 is 0 Å². The van der Waals surface area contributed by atoms with Gasteiger partial charge in [-0.25, -0.2) is 4.79 Å². The third-order valence-electron chi connectivity index (χ3n) is 5.92. The number of hydrogen-bond donors (Lipinski definition) is 2. The van der Waals surface area contributed by atoms with Crippen molar-refractivity contribution in [3.8, 4) is 0 Å². The van der Waals surface area contributed by atoms with Crippen LogP contribution in [-0.2, 0) is 4.74 Å². The molecule has 2 saturated heterocycles. The van der Waals surface area contributed by atoms with Crippen molar-refractivity contribution in [2.24, 2.45) is 0 Å². The molecule has 8 nitrogen and oxygen atoms in total. The zero-order valence-electron chi connectivity index (χ0n) is 17.0. The molecule has 2 fully saturated rings. The quantitative estimate of drug-likeness (QED) is 0.823. The second kappa shape index (κ2) is 6.51. The lowest BCUT2D eigenvalue weighted by Gasteiger charge is -2.39. The summed E-state index contributed by atoms with van der Waals surface area (Å²) in [7, 11) is 1.85. The van der Waals surface area contributed by atoms with Gasteiger partial charge in [-0.15, -0.1) is 0 Å². The SMILES string of the molecule is [2H]C[C@@]12O[C@@H](n3cc(C)c(NC(=O)c4ccccc4)nc3=O)[C@@H]([C@@H]1O)N(C)[C@H]2C. The number of aryl methyl sites for hydroxylation is 1. The fourth-order valence-corrected chi connectivity index (χ4v) is 4.05. The van der Waals surface area contributed by atoms with Crippen molar-refractivity contribution in [3.63, 3.8) is 0 Å². The molecule has 2 aliphatic heterocycles. The van der Waals surface area contributed by atoms with Gasteiger partial charge in [0.15, 0.2) is 6.23 Å². The van der Waals surface area contributed by atoms with Crippen molar-refractivity contribution < 1.29 is 16.0 Å². The van der Waals surface area contributed by atoms with Crippen molar-refractivity contribution in [2.45, 2.75) is 50.8 Å². The Balaban J connectivity index is 1.64. The third-order valence-corrected chi connectivity index (χ3v) is 5.92. The molecular weight excluding hydrogens is 360 g/mol. The number of aromatic nitrogens is 2. The largest absolute Gasteiger partial charge is 0.388 e. The van der Waals surface area contributed by atoms with Gasteiger partial charge in [-0.1, -0.05) is 18.2 Å². The van der Waals surface area contributed by atoms with E-state index in [4.69, 9.17) is 6.11 Å². The lowest BCUT2D eigenvalue weighted by atomic mass is 9.96. The molecule has 28 heavy (non-hydrogen) atoms. The summed E-state index contributed by atoms with van der Waals surface area (Å²) in [6.07, 6.45) is -0.0618. The van der Waals surface area contributed by atoms with Crippen LogP contribution in [0.2, 0.25) is 0 Å². The molecule has 0 saturated carbocycles. The average Bonchev–Trinajstić information content (AvgIpc) is 3.11. The number of rotatable bonds is 3. The maximum atomic E-state index is 12.7. The third kappa shape index (κ3) is 2.68. The summed E-state index contributed by atoms with van der Waals surface area (Å²) in [6, 6.07) is 8.06. The Hall–Kier alpha value is -2.55. The standard InChI is InChI=1S/C20H24N4O4/c1-11-10-24(18-14-15(25)20(3,28-18)12(2)23(14)4)19(27)22-16(11)21-17(26)13-8-6-5-7-9-13/h5-10,12,14-15,18,25H,1-4H3,(H,21,22,26,27)/t12-,14+,15-,18+,20-/m0/s1/i3D. The molecule has 2 bridgehead atoms. The predicted molar refractivity (Wildman–Crippen MR) is 103 cm³/mol. The summed E-state index contributed by atoms with van der Waals surface area (Å²) in [5.74, 6) is -0.174. The number of fused-ring (bicyclic) bond motifs is 2. The number of carbonyl (C=O) groups excluding carboxylic acids is 1. The van der Waals surface area contributed by atoms with Gasteiger partial charge in [0, 0.05) is 24.7 Å². The van der Waals surface area contributed by atoms with E-state index in [-0.39, 0.29) is 24.7 Å². The van der Waals surface area contributed by atoms with E-state index in [1.165, 1.54) is 4.57 Å². The fourth-order valence-electron chi connectivity index (χ4n) is 4.05. The topological polar surface area (TPSA) is 96.7 Å². The van der Waals surface area contributed by atoms with Crippen LogP contribution >= 0.6 is 0 Å². The summed E-state index contributed by atoms with van der Waals surface area (Å²) in [5, 5.41) is 13.4. The maximum Gasteiger partial charge on any atom is 0.351 e. The average molecular weight is 385 g/mol. The van der Waals surface area contributed by atoms with Gasteiger partial charge in [0.25, 0.3) is 5.91 Å². The highest BCUT2D eigenvalue weighted by Crippen LogP contribution is 2.48. The number of ether oxygens (including phenoxy) is 1. The fraction of sp³-hybridized carbons (Fsp3) is 0.450. The van der Waals surface area contributed by atoms with Gasteiger partial charge in [-0.05, 0) is 39.9 Å².